The van der Waals surface area contributed by atoms with E-state index in [9.17, 15) is 14.4 Å². The average Bonchev–Trinajstić information content (AvgIpc) is 1.82. The predicted molar refractivity (Wildman–Crippen MR) is 43.8 cm³/mol. The van der Waals surface area contributed by atoms with Crippen LogP contribution in [-0.4, -0.2) is 131 Å². The summed E-state index contributed by atoms with van der Waals surface area (Å²) in [5, 5.41) is 16.0. The fourth-order valence-corrected chi connectivity index (χ4v) is 0.327. The van der Waals surface area contributed by atoms with Crippen LogP contribution in [0.3, 0.4) is 0 Å². The molecule has 0 saturated carbocycles. The summed E-state index contributed by atoms with van der Waals surface area (Å²) >= 11 is 0. The van der Waals surface area contributed by atoms with Crippen LogP contribution in [0.5, 0.6) is 0 Å². The van der Waals surface area contributed by atoms with Crippen LogP contribution in [0.4, 0.5) is 0 Å². The van der Waals surface area contributed by atoms with Crippen molar-refractivity contribution in [1.29, 1.82) is 0 Å². The molecule has 0 aliphatic heterocycles. The van der Waals surface area contributed by atoms with Crippen molar-refractivity contribution in [2.45, 2.75) is 12.8 Å². The van der Waals surface area contributed by atoms with Gasteiger partial charge in [-0.05, 0) is 0 Å². The number of ketones is 1. The molecule has 0 rings (SSSR count). The van der Waals surface area contributed by atoms with Gasteiger partial charge < -0.3 is 10.2 Å². The number of carbonyl (C=O) groups is 3. The van der Waals surface area contributed by atoms with Crippen LogP contribution in [0.15, 0.2) is 0 Å². The first-order valence-corrected chi connectivity index (χ1v) is 2.52. The number of carboxylic acid groups (broad SMARTS) is 2. The molecular weight excluding hydrogens is 218 g/mol. The maximum absolute atomic E-state index is 10.2. The van der Waals surface area contributed by atoms with Crippen molar-refractivity contribution in [3.63, 3.8) is 0 Å². The van der Waals surface area contributed by atoms with Crippen LogP contribution in [0, 0.1) is 0 Å². The zero-order chi connectivity index (χ0) is 8.15. The summed E-state index contributed by atoms with van der Waals surface area (Å²) in [6, 6.07) is 0. The molecule has 0 atom stereocenters. The van der Waals surface area contributed by atoms with Crippen molar-refractivity contribution < 1.29 is 24.6 Å². The van der Waals surface area contributed by atoms with Crippen LogP contribution in [0.1, 0.15) is 12.8 Å². The molecule has 0 spiro atoms. The SMILES string of the molecule is O=C(O)CCC(=O)C(=O)O.[KH].[KH]. The Balaban J connectivity index is -0.000000405. The second-order valence-corrected chi connectivity index (χ2v) is 1.62. The zero-order valence-electron chi connectivity index (χ0n) is 5.03. The van der Waals surface area contributed by atoms with E-state index in [1.54, 1.807) is 0 Å². The molecule has 2 N–H and O–H groups in total. The Morgan fingerprint density at radius 3 is 1.58 bits per heavy atom. The minimum absolute atomic E-state index is 0. The summed E-state index contributed by atoms with van der Waals surface area (Å²) in [5.74, 6) is -3.82. The zero-order valence-corrected chi connectivity index (χ0v) is 5.03. The van der Waals surface area contributed by atoms with E-state index in [1.165, 1.54) is 0 Å². The molecule has 0 aromatic carbocycles. The molecule has 0 aliphatic carbocycles. The summed E-state index contributed by atoms with van der Waals surface area (Å²) < 4.78 is 0. The van der Waals surface area contributed by atoms with Crippen molar-refractivity contribution in [2.75, 3.05) is 0 Å². The van der Waals surface area contributed by atoms with Crippen molar-refractivity contribution in [2.24, 2.45) is 0 Å². The van der Waals surface area contributed by atoms with Gasteiger partial charge in [0.2, 0.25) is 5.78 Å². The molecule has 0 unspecified atom stereocenters. The van der Waals surface area contributed by atoms with Crippen LogP contribution < -0.4 is 0 Å². The Morgan fingerprint density at radius 2 is 1.33 bits per heavy atom. The van der Waals surface area contributed by atoms with Gasteiger partial charge in [-0.1, -0.05) is 0 Å². The Hall–Kier alpha value is 1.88. The summed E-state index contributed by atoms with van der Waals surface area (Å²) in [5.41, 5.74) is 0. The molecule has 0 radical (unpaired) electrons. The maximum atomic E-state index is 10.2. The predicted octanol–water partition coefficient (Wildman–Crippen LogP) is -1.79. The number of hydrogen-bond donors (Lipinski definition) is 2. The molecule has 0 saturated heterocycles. The quantitative estimate of drug-likeness (QED) is 0.436. The summed E-state index contributed by atoms with van der Waals surface area (Å²) in [4.78, 5) is 29.7. The van der Waals surface area contributed by atoms with Crippen LogP contribution in [-0.2, 0) is 14.4 Å². The fraction of sp³-hybridized carbons (Fsp3) is 0.400. The monoisotopic (exact) mass is 226 g/mol. The van der Waals surface area contributed by atoms with Gasteiger partial charge in [-0.2, -0.15) is 0 Å². The molecule has 60 valence electrons. The van der Waals surface area contributed by atoms with Gasteiger partial charge in [0, 0.05) is 6.42 Å². The van der Waals surface area contributed by atoms with Crippen LogP contribution in [0.2, 0.25) is 0 Å². The summed E-state index contributed by atoms with van der Waals surface area (Å²) in [6.45, 7) is 0. The van der Waals surface area contributed by atoms with Crippen molar-refractivity contribution >= 4 is 120 Å². The van der Waals surface area contributed by atoms with E-state index in [-0.39, 0.29) is 103 Å². The van der Waals surface area contributed by atoms with E-state index in [2.05, 4.69) is 0 Å². The van der Waals surface area contributed by atoms with Crippen molar-refractivity contribution in [3.8, 4) is 0 Å². The summed E-state index contributed by atoms with van der Waals surface area (Å²) in [7, 11) is 0. The van der Waals surface area contributed by atoms with Crippen LogP contribution in [0.25, 0.3) is 0 Å². The van der Waals surface area contributed by atoms with E-state index < -0.39 is 30.6 Å². The number of hydrogen-bond acceptors (Lipinski definition) is 3. The second-order valence-electron chi connectivity index (χ2n) is 1.62. The van der Waals surface area contributed by atoms with E-state index >= 15 is 0 Å². The topological polar surface area (TPSA) is 91.7 Å². The molecule has 7 heteroatoms. The van der Waals surface area contributed by atoms with E-state index in [1.807, 2.05) is 0 Å². The Bertz CT molecular complexity index is 179. The van der Waals surface area contributed by atoms with Gasteiger partial charge in [-0.15, -0.1) is 0 Å². The van der Waals surface area contributed by atoms with Crippen LogP contribution >= 0.6 is 0 Å². The van der Waals surface area contributed by atoms with E-state index in [0.29, 0.717) is 0 Å². The third-order valence-corrected chi connectivity index (χ3v) is 0.804. The number of rotatable bonds is 4. The molecule has 0 aromatic rings. The molecule has 0 amide bonds. The molecule has 0 aromatic heterocycles. The second kappa shape index (κ2) is 11.0. The molecule has 0 fully saturated rings. The Labute approximate surface area is 154 Å². The minimum atomic E-state index is -1.58. The van der Waals surface area contributed by atoms with Crippen molar-refractivity contribution in [3.05, 3.63) is 0 Å². The standard InChI is InChI=1S/C5H6O5.2K.2H/c6-3(5(9)10)1-2-4(7)8;;;;/h1-2H2,(H,7,8)(H,9,10);;;;. The third kappa shape index (κ3) is 11.9. The first-order chi connectivity index (χ1) is 4.54. The third-order valence-electron chi connectivity index (χ3n) is 0.804. The van der Waals surface area contributed by atoms with E-state index in [4.69, 9.17) is 10.2 Å². The van der Waals surface area contributed by atoms with Gasteiger partial charge in [-0.3, -0.25) is 9.59 Å². The first kappa shape index (κ1) is 19.5. The Morgan fingerprint density at radius 1 is 0.917 bits per heavy atom. The molecule has 0 heterocycles. The number of carbonyl (C=O) groups excluding carboxylic acids is 1. The van der Waals surface area contributed by atoms with Gasteiger partial charge in [0.05, 0.1) is 6.42 Å². The number of carboxylic acids is 2. The van der Waals surface area contributed by atoms with Crippen molar-refractivity contribution in [1.82, 2.24) is 0 Å². The van der Waals surface area contributed by atoms with Gasteiger partial charge >= 0.3 is 115 Å². The normalized spacial score (nSPS) is 7.33. The fourth-order valence-electron chi connectivity index (χ4n) is 0.327. The molecule has 0 aliphatic rings. The molecule has 0 bridgehead atoms. The van der Waals surface area contributed by atoms with Gasteiger partial charge in [0.1, 0.15) is 0 Å². The Kier molecular flexibility index (Phi) is 17.8. The number of Topliss-reactive ketones (excluding diaryl/α,β-unsaturated/α-hetero) is 1. The molecule has 5 nitrogen and oxygen atoms in total. The number of aliphatic carboxylic acids is 2. The van der Waals surface area contributed by atoms with Gasteiger partial charge in [-0.25, -0.2) is 4.79 Å². The first-order valence-electron chi connectivity index (χ1n) is 2.52. The average molecular weight is 226 g/mol. The molecule has 12 heavy (non-hydrogen) atoms. The molecular formula is C5H8K2O5. The van der Waals surface area contributed by atoms with Gasteiger partial charge in [0.25, 0.3) is 0 Å². The van der Waals surface area contributed by atoms with E-state index in [0.717, 1.165) is 0 Å². The summed E-state index contributed by atoms with van der Waals surface area (Å²) in [6.07, 6.45) is -0.865. The van der Waals surface area contributed by atoms with Gasteiger partial charge in [0.15, 0.2) is 0 Å².